The molecule has 0 spiro atoms. The summed E-state index contributed by atoms with van der Waals surface area (Å²) in [7, 11) is 1.28. The van der Waals surface area contributed by atoms with Gasteiger partial charge in [-0.2, -0.15) is 4.98 Å². The first kappa shape index (κ1) is 18.9. The van der Waals surface area contributed by atoms with Crippen molar-refractivity contribution in [2.75, 3.05) is 31.6 Å². The smallest absolute Gasteiger partial charge is 0.410 e. The zero-order chi connectivity index (χ0) is 18.6. The number of amides is 1. The lowest BCUT2D eigenvalue weighted by Crippen LogP contribution is -2.43. The summed E-state index contributed by atoms with van der Waals surface area (Å²) in [5.41, 5.74) is -0.532. The number of hydrogen-bond acceptors (Lipinski definition) is 8. The standard InChI is InChI=1S/C16H25N5O4/c1-11-9-20(15(23)25-16(2,3)4)7-6-8-21(11)14-18-10-17-12(19-14)13(22)24-5/h10-11H,6-9H2,1-5H3/t11-/m0/s1. The Morgan fingerprint density at radius 2 is 1.96 bits per heavy atom. The molecule has 2 rings (SSSR count). The highest BCUT2D eigenvalue weighted by Crippen LogP contribution is 2.18. The van der Waals surface area contributed by atoms with Crippen molar-refractivity contribution in [3.63, 3.8) is 0 Å². The predicted molar refractivity (Wildman–Crippen MR) is 90.4 cm³/mol. The summed E-state index contributed by atoms with van der Waals surface area (Å²) in [6.45, 7) is 9.24. The van der Waals surface area contributed by atoms with Crippen molar-refractivity contribution in [1.29, 1.82) is 0 Å². The Hall–Kier alpha value is -2.45. The molecular formula is C16H25N5O4. The molecule has 1 fully saturated rings. The number of carbonyl (C=O) groups is 2. The van der Waals surface area contributed by atoms with E-state index in [1.54, 1.807) is 4.90 Å². The number of esters is 1. The highest BCUT2D eigenvalue weighted by Gasteiger charge is 2.29. The first-order valence-electron chi connectivity index (χ1n) is 8.23. The van der Waals surface area contributed by atoms with E-state index in [9.17, 15) is 9.59 Å². The minimum atomic E-state index is -0.610. The molecule has 9 heteroatoms. The average Bonchev–Trinajstić information content (AvgIpc) is 2.74. The number of nitrogens with zero attached hydrogens (tertiary/aromatic N) is 5. The van der Waals surface area contributed by atoms with Crippen LogP contribution in [-0.4, -0.2) is 70.3 Å². The molecule has 1 atom stereocenters. The molecule has 0 radical (unpaired) electrons. The van der Waals surface area contributed by atoms with Gasteiger partial charge in [-0.1, -0.05) is 0 Å². The molecule has 1 amide bonds. The number of aromatic nitrogens is 3. The van der Waals surface area contributed by atoms with Crippen LogP contribution in [0.1, 0.15) is 44.7 Å². The third kappa shape index (κ3) is 5.01. The number of carbonyl (C=O) groups excluding carboxylic acids is 2. The molecule has 25 heavy (non-hydrogen) atoms. The van der Waals surface area contributed by atoms with Crippen molar-refractivity contribution in [3.05, 3.63) is 12.2 Å². The summed E-state index contributed by atoms with van der Waals surface area (Å²) in [5, 5.41) is 0. The Morgan fingerprint density at radius 3 is 2.60 bits per heavy atom. The number of anilines is 1. The molecule has 1 aliphatic rings. The summed E-state index contributed by atoms with van der Waals surface area (Å²) in [6, 6.07) is -0.0390. The minimum Gasteiger partial charge on any atom is -0.463 e. The van der Waals surface area contributed by atoms with Crippen LogP contribution in [0.25, 0.3) is 0 Å². The number of rotatable bonds is 2. The van der Waals surface area contributed by atoms with Crippen LogP contribution in [0, 0.1) is 0 Å². The normalized spacial score (nSPS) is 18.5. The largest absolute Gasteiger partial charge is 0.463 e. The summed E-state index contributed by atoms with van der Waals surface area (Å²) >= 11 is 0. The van der Waals surface area contributed by atoms with Gasteiger partial charge < -0.3 is 19.3 Å². The molecule has 0 unspecified atom stereocenters. The first-order valence-corrected chi connectivity index (χ1v) is 8.23. The van der Waals surface area contributed by atoms with E-state index in [4.69, 9.17) is 4.74 Å². The van der Waals surface area contributed by atoms with Crippen molar-refractivity contribution in [1.82, 2.24) is 19.9 Å². The van der Waals surface area contributed by atoms with Crippen LogP contribution in [0.5, 0.6) is 0 Å². The molecule has 138 valence electrons. The number of methoxy groups -OCH3 is 1. The van der Waals surface area contributed by atoms with Crippen LogP contribution in [0.3, 0.4) is 0 Å². The summed E-state index contributed by atoms with van der Waals surface area (Å²) in [6.07, 6.45) is 1.70. The number of hydrogen-bond donors (Lipinski definition) is 0. The topological polar surface area (TPSA) is 97.8 Å². The quantitative estimate of drug-likeness (QED) is 0.739. The molecule has 1 aromatic heterocycles. The van der Waals surface area contributed by atoms with Gasteiger partial charge in [0.1, 0.15) is 11.9 Å². The van der Waals surface area contributed by atoms with Gasteiger partial charge in [0.15, 0.2) is 0 Å². The fraction of sp³-hybridized carbons (Fsp3) is 0.688. The van der Waals surface area contributed by atoms with Crippen LogP contribution in [0.2, 0.25) is 0 Å². The van der Waals surface area contributed by atoms with Crippen molar-refractivity contribution in [3.8, 4) is 0 Å². The third-order valence-electron chi connectivity index (χ3n) is 3.68. The van der Waals surface area contributed by atoms with Gasteiger partial charge >= 0.3 is 12.1 Å². The summed E-state index contributed by atoms with van der Waals surface area (Å²) < 4.78 is 10.1. The van der Waals surface area contributed by atoms with Gasteiger partial charge in [0, 0.05) is 25.7 Å². The minimum absolute atomic E-state index is 0.0343. The van der Waals surface area contributed by atoms with Gasteiger partial charge in [0.05, 0.1) is 7.11 Å². The zero-order valence-electron chi connectivity index (χ0n) is 15.4. The van der Waals surface area contributed by atoms with Gasteiger partial charge in [-0.3, -0.25) is 0 Å². The van der Waals surface area contributed by atoms with E-state index in [1.165, 1.54) is 13.4 Å². The van der Waals surface area contributed by atoms with Gasteiger partial charge in [-0.05, 0) is 34.1 Å². The van der Waals surface area contributed by atoms with Gasteiger partial charge in [-0.15, -0.1) is 0 Å². The molecule has 2 heterocycles. The zero-order valence-corrected chi connectivity index (χ0v) is 15.4. The second kappa shape index (κ2) is 7.62. The fourth-order valence-corrected chi connectivity index (χ4v) is 2.57. The Bertz CT molecular complexity index is 631. The van der Waals surface area contributed by atoms with Crippen molar-refractivity contribution < 1.29 is 19.1 Å². The Morgan fingerprint density at radius 1 is 1.24 bits per heavy atom. The van der Waals surface area contributed by atoms with E-state index in [2.05, 4.69) is 19.7 Å². The van der Waals surface area contributed by atoms with E-state index < -0.39 is 11.6 Å². The number of ether oxygens (including phenoxy) is 2. The molecule has 1 aromatic rings. The lowest BCUT2D eigenvalue weighted by atomic mass is 10.2. The lowest BCUT2D eigenvalue weighted by molar-refractivity contribution is 0.0251. The fourth-order valence-electron chi connectivity index (χ4n) is 2.57. The van der Waals surface area contributed by atoms with E-state index in [0.717, 1.165) is 6.42 Å². The molecule has 1 aliphatic heterocycles. The van der Waals surface area contributed by atoms with E-state index in [1.807, 2.05) is 32.6 Å². The maximum atomic E-state index is 12.3. The van der Waals surface area contributed by atoms with Crippen LogP contribution < -0.4 is 4.90 Å². The molecule has 0 aliphatic carbocycles. The Balaban J connectivity index is 2.12. The van der Waals surface area contributed by atoms with Crippen LogP contribution in [-0.2, 0) is 9.47 Å². The summed E-state index contributed by atoms with van der Waals surface area (Å²) in [4.78, 5) is 39.8. The lowest BCUT2D eigenvalue weighted by Gasteiger charge is -2.30. The molecule has 0 N–H and O–H groups in total. The first-order chi connectivity index (χ1) is 11.7. The van der Waals surface area contributed by atoms with Crippen LogP contribution in [0.15, 0.2) is 6.33 Å². The van der Waals surface area contributed by atoms with E-state index >= 15 is 0 Å². The van der Waals surface area contributed by atoms with Gasteiger partial charge in [0.2, 0.25) is 11.8 Å². The highest BCUT2D eigenvalue weighted by molar-refractivity contribution is 5.85. The maximum Gasteiger partial charge on any atom is 0.410 e. The van der Waals surface area contributed by atoms with Crippen LogP contribution >= 0.6 is 0 Å². The molecule has 0 bridgehead atoms. The van der Waals surface area contributed by atoms with E-state index in [-0.39, 0.29) is 18.0 Å². The molecule has 0 saturated carbocycles. The SMILES string of the molecule is COC(=O)c1ncnc(N2CCCN(C(=O)OC(C)(C)C)C[C@@H]2C)n1. The van der Waals surface area contributed by atoms with Gasteiger partial charge in [-0.25, -0.2) is 19.6 Å². The molecule has 9 nitrogen and oxygen atoms in total. The van der Waals surface area contributed by atoms with Crippen molar-refractivity contribution >= 4 is 18.0 Å². The maximum absolute atomic E-state index is 12.3. The van der Waals surface area contributed by atoms with E-state index in [0.29, 0.717) is 25.6 Å². The van der Waals surface area contributed by atoms with Gasteiger partial charge in [0.25, 0.3) is 0 Å². The second-order valence-corrected chi connectivity index (χ2v) is 6.92. The third-order valence-corrected chi connectivity index (χ3v) is 3.68. The summed E-state index contributed by atoms with van der Waals surface area (Å²) in [5.74, 6) is -0.247. The molecular weight excluding hydrogens is 326 g/mol. The second-order valence-electron chi connectivity index (χ2n) is 6.92. The van der Waals surface area contributed by atoms with Crippen molar-refractivity contribution in [2.24, 2.45) is 0 Å². The van der Waals surface area contributed by atoms with Crippen LogP contribution in [0.4, 0.5) is 10.7 Å². The molecule has 0 aromatic carbocycles. The highest BCUT2D eigenvalue weighted by atomic mass is 16.6. The van der Waals surface area contributed by atoms with Crippen molar-refractivity contribution in [2.45, 2.75) is 45.8 Å². The Labute approximate surface area is 147 Å². The monoisotopic (exact) mass is 351 g/mol. The predicted octanol–water partition coefficient (Wildman–Crippen LogP) is 1.49. The molecule has 1 saturated heterocycles. The Kier molecular flexibility index (Phi) is 5.76. The average molecular weight is 351 g/mol.